The number of aliphatic carboxylic acids is 1. The lowest BCUT2D eigenvalue weighted by Gasteiger charge is -2.13. The molecule has 0 aromatic carbocycles. The number of nitrogens with zero attached hydrogens (tertiary/aromatic N) is 1. The summed E-state index contributed by atoms with van der Waals surface area (Å²) in [5.41, 5.74) is 4.78. The maximum atomic E-state index is 10.1. The first-order valence-corrected chi connectivity index (χ1v) is 5.77. The highest BCUT2D eigenvalue weighted by Gasteiger charge is 2.11. The maximum absolute atomic E-state index is 10.1. The summed E-state index contributed by atoms with van der Waals surface area (Å²) in [6.07, 6.45) is 0. The molecule has 0 amide bonds. The van der Waals surface area contributed by atoms with Crippen molar-refractivity contribution in [3.8, 4) is 0 Å². The molecule has 0 spiro atoms. The van der Waals surface area contributed by atoms with Gasteiger partial charge in [0.1, 0.15) is 6.04 Å². The van der Waals surface area contributed by atoms with Crippen LogP contribution < -0.4 is 5.73 Å². The van der Waals surface area contributed by atoms with Crippen LogP contribution in [0.2, 0.25) is 0 Å². The second-order valence-electron chi connectivity index (χ2n) is 3.05. The lowest BCUT2D eigenvalue weighted by Crippen LogP contribution is -2.32. The fourth-order valence-electron chi connectivity index (χ4n) is 0.370. The Labute approximate surface area is 89.6 Å². The summed E-state index contributed by atoms with van der Waals surface area (Å²) in [6, 6.07) is -0.380. The van der Waals surface area contributed by atoms with Crippen LogP contribution in [0.25, 0.3) is 0 Å². The molecule has 0 rings (SSSR count). The first-order chi connectivity index (χ1) is 6.61. The quantitative estimate of drug-likeness (QED) is 0.532. The molecule has 7 nitrogen and oxygen atoms in total. The van der Waals surface area contributed by atoms with Gasteiger partial charge in [-0.05, 0) is 21.0 Å². The van der Waals surface area contributed by atoms with E-state index in [1.807, 2.05) is 0 Å². The Hall–Kier alpha value is -0.700. The van der Waals surface area contributed by atoms with Crippen LogP contribution in [0.3, 0.4) is 0 Å². The SMILES string of the molecule is CC(C(=O)O)N(C)C.NCCS(=O)(=O)O. The fraction of sp³-hybridized carbons (Fsp3) is 0.857. The zero-order valence-corrected chi connectivity index (χ0v) is 9.86. The molecule has 1 atom stereocenters. The van der Waals surface area contributed by atoms with Gasteiger partial charge in [-0.2, -0.15) is 8.42 Å². The highest BCUT2D eigenvalue weighted by Crippen LogP contribution is 1.88. The summed E-state index contributed by atoms with van der Waals surface area (Å²) in [7, 11) is -0.329. The molecule has 0 aliphatic heterocycles. The second-order valence-corrected chi connectivity index (χ2v) is 4.62. The minimum atomic E-state index is -3.80. The van der Waals surface area contributed by atoms with E-state index in [0.29, 0.717) is 0 Å². The average molecular weight is 242 g/mol. The van der Waals surface area contributed by atoms with Gasteiger partial charge in [0.2, 0.25) is 0 Å². The number of rotatable bonds is 4. The third-order valence-electron chi connectivity index (χ3n) is 1.51. The van der Waals surface area contributed by atoms with Crippen molar-refractivity contribution in [2.45, 2.75) is 13.0 Å². The van der Waals surface area contributed by atoms with Crippen molar-refractivity contribution in [3.63, 3.8) is 0 Å². The van der Waals surface area contributed by atoms with Crippen molar-refractivity contribution >= 4 is 16.1 Å². The number of likely N-dealkylation sites (N-methyl/N-ethyl adjacent to an activating group) is 1. The first kappa shape index (κ1) is 16.7. The van der Waals surface area contributed by atoms with E-state index in [1.54, 1.807) is 25.9 Å². The van der Waals surface area contributed by atoms with Gasteiger partial charge in [0.05, 0.1) is 5.75 Å². The normalized spacial score (nSPS) is 12.9. The highest BCUT2D eigenvalue weighted by atomic mass is 32.2. The molecule has 0 fully saturated rings. The number of hydrogen-bond donors (Lipinski definition) is 3. The smallest absolute Gasteiger partial charge is 0.320 e. The van der Waals surface area contributed by atoms with E-state index in [1.165, 1.54) is 0 Å². The predicted molar refractivity (Wildman–Crippen MR) is 56.3 cm³/mol. The van der Waals surface area contributed by atoms with Gasteiger partial charge in [-0.25, -0.2) is 0 Å². The highest BCUT2D eigenvalue weighted by molar-refractivity contribution is 7.85. The lowest BCUT2D eigenvalue weighted by molar-refractivity contribution is -0.141. The van der Waals surface area contributed by atoms with Crippen molar-refractivity contribution in [3.05, 3.63) is 0 Å². The van der Waals surface area contributed by atoms with Crippen molar-refractivity contribution in [2.75, 3.05) is 26.4 Å². The van der Waals surface area contributed by atoms with E-state index in [9.17, 15) is 13.2 Å². The minimum absolute atomic E-state index is 0.0289. The van der Waals surface area contributed by atoms with E-state index in [-0.39, 0.29) is 18.3 Å². The van der Waals surface area contributed by atoms with Crippen LogP contribution in [0.5, 0.6) is 0 Å². The average Bonchev–Trinajstić information content (AvgIpc) is 2.01. The number of carboxylic acid groups (broad SMARTS) is 1. The minimum Gasteiger partial charge on any atom is -0.480 e. The van der Waals surface area contributed by atoms with Crippen LogP contribution in [0, 0.1) is 0 Å². The van der Waals surface area contributed by atoms with E-state index in [4.69, 9.17) is 15.4 Å². The van der Waals surface area contributed by atoms with E-state index < -0.39 is 16.1 Å². The third-order valence-corrected chi connectivity index (χ3v) is 2.26. The molecule has 4 N–H and O–H groups in total. The Morgan fingerprint density at radius 3 is 1.87 bits per heavy atom. The Morgan fingerprint density at radius 1 is 1.47 bits per heavy atom. The molecule has 0 saturated heterocycles. The molecule has 1 unspecified atom stereocenters. The largest absolute Gasteiger partial charge is 0.480 e. The van der Waals surface area contributed by atoms with E-state index >= 15 is 0 Å². The van der Waals surface area contributed by atoms with Gasteiger partial charge in [-0.15, -0.1) is 0 Å². The van der Waals surface area contributed by atoms with Crippen LogP contribution in [0.1, 0.15) is 6.92 Å². The van der Waals surface area contributed by atoms with E-state index in [2.05, 4.69) is 0 Å². The Balaban J connectivity index is 0. The summed E-state index contributed by atoms with van der Waals surface area (Å²) in [5.74, 6) is -1.14. The molecule has 0 saturated carbocycles. The Bertz CT molecular complexity index is 275. The van der Waals surface area contributed by atoms with Crippen molar-refractivity contribution < 1.29 is 22.9 Å². The summed E-state index contributed by atoms with van der Waals surface area (Å²) in [6.45, 7) is 1.61. The van der Waals surface area contributed by atoms with Gasteiger partial charge in [0.25, 0.3) is 10.1 Å². The topological polar surface area (TPSA) is 121 Å². The first-order valence-electron chi connectivity index (χ1n) is 4.16. The monoisotopic (exact) mass is 242 g/mol. The molecule has 0 aliphatic carbocycles. The third kappa shape index (κ3) is 13.3. The lowest BCUT2D eigenvalue weighted by atomic mass is 10.3. The van der Waals surface area contributed by atoms with Gasteiger partial charge in [0.15, 0.2) is 0 Å². The number of carbonyl (C=O) groups is 1. The maximum Gasteiger partial charge on any atom is 0.320 e. The molecular weight excluding hydrogens is 224 g/mol. The van der Waals surface area contributed by atoms with Crippen molar-refractivity contribution in [1.82, 2.24) is 4.90 Å². The Morgan fingerprint density at radius 2 is 1.87 bits per heavy atom. The zero-order valence-electron chi connectivity index (χ0n) is 9.04. The molecule has 0 heterocycles. The molecule has 0 bridgehead atoms. The van der Waals surface area contributed by atoms with Gasteiger partial charge in [0, 0.05) is 6.54 Å². The van der Waals surface area contributed by atoms with Crippen LogP contribution in [-0.4, -0.2) is 61.4 Å². The van der Waals surface area contributed by atoms with Gasteiger partial charge < -0.3 is 10.8 Å². The molecule has 0 radical (unpaired) electrons. The van der Waals surface area contributed by atoms with Gasteiger partial charge >= 0.3 is 5.97 Å². The molecule has 15 heavy (non-hydrogen) atoms. The summed E-state index contributed by atoms with van der Waals surface area (Å²) in [5, 5.41) is 8.31. The number of nitrogens with two attached hydrogens (primary N) is 1. The zero-order chi connectivity index (χ0) is 12.6. The second kappa shape index (κ2) is 7.57. The van der Waals surface area contributed by atoms with Gasteiger partial charge in [-0.1, -0.05) is 0 Å². The molecule has 0 aliphatic rings. The number of hydrogen-bond acceptors (Lipinski definition) is 5. The summed E-state index contributed by atoms with van der Waals surface area (Å²) in [4.78, 5) is 11.7. The summed E-state index contributed by atoms with van der Waals surface area (Å²) < 4.78 is 27.3. The van der Waals surface area contributed by atoms with Gasteiger partial charge in [-0.3, -0.25) is 14.2 Å². The predicted octanol–water partition coefficient (Wildman–Crippen LogP) is -1.15. The van der Waals surface area contributed by atoms with Crippen LogP contribution in [0.15, 0.2) is 0 Å². The van der Waals surface area contributed by atoms with E-state index in [0.717, 1.165) is 0 Å². The van der Waals surface area contributed by atoms with Crippen LogP contribution in [-0.2, 0) is 14.9 Å². The fourth-order valence-corrected chi connectivity index (χ4v) is 0.668. The van der Waals surface area contributed by atoms with Crippen molar-refractivity contribution in [2.24, 2.45) is 5.73 Å². The van der Waals surface area contributed by atoms with Crippen molar-refractivity contribution in [1.29, 1.82) is 0 Å². The molecule has 8 heteroatoms. The standard InChI is InChI=1S/C5H11NO2.C2H7NO3S/c1-4(5(7)8)6(2)3;3-1-2-7(4,5)6/h4H,1-3H3,(H,7,8);1-3H2,(H,4,5,6). The van der Waals surface area contributed by atoms with Crippen LogP contribution in [0.4, 0.5) is 0 Å². The summed E-state index contributed by atoms with van der Waals surface area (Å²) >= 11 is 0. The molecule has 92 valence electrons. The van der Waals surface area contributed by atoms with Crippen LogP contribution >= 0.6 is 0 Å². The Kier molecular flexibility index (Phi) is 8.44. The number of carboxylic acids is 1. The molecule has 0 aromatic heterocycles. The molecule has 0 aromatic rings. The molecular formula is C7H18N2O5S.